The number of fused-ring (bicyclic) bond motifs is 1. The number of ketones is 2. The number of hydrogen-bond acceptors (Lipinski definition) is 3. The Morgan fingerprint density at radius 3 is 2.69 bits per heavy atom. The summed E-state index contributed by atoms with van der Waals surface area (Å²) in [5.41, 5.74) is 0.752. The third kappa shape index (κ3) is 2.19. The van der Waals surface area contributed by atoms with Gasteiger partial charge in [0.15, 0.2) is 5.78 Å². The van der Waals surface area contributed by atoms with Gasteiger partial charge in [0.25, 0.3) is 0 Å². The van der Waals surface area contributed by atoms with Gasteiger partial charge in [0.2, 0.25) is 0 Å². The summed E-state index contributed by atoms with van der Waals surface area (Å²) >= 11 is 1.57. The van der Waals surface area contributed by atoms with Crippen molar-refractivity contribution in [3.05, 3.63) is 35.2 Å². The molecule has 0 aliphatic carbocycles. The number of thiophene rings is 1. The van der Waals surface area contributed by atoms with E-state index in [4.69, 9.17) is 0 Å². The third-order valence-electron chi connectivity index (χ3n) is 2.49. The van der Waals surface area contributed by atoms with Crippen LogP contribution in [-0.2, 0) is 4.79 Å². The second-order valence-electron chi connectivity index (χ2n) is 3.77. The Kier molecular flexibility index (Phi) is 3.15. The van der Waals surface area contributed by atoms with Gasteiger partial charge in [-0.3, -0.25) is 4.79 Å². The number of rotatable bonds is 4. The highest BCUT2D eigenvalue weighted by molar-refractivity contribution is 7.17. The molecule has 0 fully saturated rings. The summed E-state index contributed by atoms with van der Waals surface area (Å²) in [6.07, 6.45) is 0.652. The Labute approximate surface area is 97.9 Å². The topological polar surface area (TPSA) is 34.1 Å². The van der Waals surface area contributed by atoms with Crippen molar-refractivity contribution in [3.63, 3.8) is 0 Å². The van der Waals surface area contributed by atoms with Crippen LogP contribution < -0.4 is 0 Å². The molecule has 1 heterocycles. The summed E-state index contributed by atoms with van der Waals surface area (Å²) in [5.74, 6) is 0.125. The molecular weight excluding hydrogens is 220 g/mol. The summed E-state index contributed by atoms with van der Waals surface area (Å²) < 4.78 is 1.12. The van der Waals surface area contributed by atoms with Crippen molar-refractivity contribution in [2.75, 3.05) is 0 Å². The fraction of sp³-hybridized carbons (Fsp3) is 0.231. The zero-order chi connectivity index (χ0) is 11.5. The molecule has 0 radical (unpaired) electrons. The Morgan fingerprint density at radius 1 is 1.19 bits per heavy atom. The van der Waals surface area contributed by atoms with E-state index in [0.29, 0.717) is 12.8 Å². The standard InChI is InChI=1S/C13H12O2S/c1-9(14)6-7-12(15)11-8-16-13-5-3-2-4-10(11)13/h2-5,8H,6-7H2,1H3. The van der Waals surface area contributed by atoms with Crippen molar-refractivity contribution in [1.29, 1.82) is 0 Å². The van der Waals surface area contributed by atoms with E-state index in [-0.39, 0.29) is 11.6 Å². The van der Waals surface area contributed by atoms with Crippen LogP contribution in [0.4, 0.5) is 0 Å². The number of benzene rings is 1. The highest BCUT2D eigenvalue weighted by Gasteiger charge is 2.12. The van der Waals surface area contributed by atoms with E-state index in [9.17, 15) is 9.59 Å². The summed E-state index contributed by atoms with van der Waals surface area (Å²) in [7, 11) is 0. The summed E-state index contributed by atoms with van der Waals surface area (Å²) in [6, 6.07) is 7.84. The Morgan fingerprint density at radius 2 is 1.94 bits per heavy atom. The Hall–Kier alpha value is -1.48. The molecule has 2 rings (SSSR count). The molecule has 0 aliphatic heterocycles. The van der Waals surface area contributed by atoms with Crippen LogP contribution in [-0.4, -0.2) is 11.6 Å². The molecule has 16 heavy (non-hydrogen) atoms. The number of carbonyl (C=O) groups is 2. The highest BCUT2D eigenvalue weighted by Crippen LogP contribution is 2.26. The minimum absolute atomic E-state index is 0.0626. The molecule has 0 amide bonds. The van der Waals surface area contributed by atoms with Crippen molar-refractivity contribution in [2.45, 2.75) is 19.8 Å². The molecule has 2 aromatic rings. The van der Waals surface area contributed by atoms with Crippen molar-refractivity contribution in [2.24, 2.45) is 0 Å². The molecule has 3 heteroatoms. The van der Waals surface area contributed by atoms with Gasteiger partial charge in [-0.05, 0) is 13.0 Å². The summed E-state index contributed by atoms with van der Waals surface area (Å²) in [4.78, 5) is 22.7. The van der Waals surface area contributed by atoms with Crippen LogP contribution in [0.15, 0.2) is 29.6 Å². The molecule has 2 nitrogen and oxygen atoms in total. The monoisotopic (exact) mass is 232 g/mol. The van der Waals surface area contributed by atoms with Crippen molar-refractivity contribution >= 4 is 33.0 Å². The van der Waals surface area contributed by atoms with E-state index in [0.717, 1.165) is 15.6 Å². The van der Waals surface area contributed by atoms with Crippen LogP contribution in [0.5, 0.6) is 0 Å². The first-order chi connectivity index (χ1) is 7.68. The molecular formula is C13H12O2S. The third-order valence-corrected chi connectivity index (χ3v) is 3.45. The van der Waals surface area contributed by atoms with Gasteiger partial charge in [-0.25, -0.2) is 0 Å². The lowest BCUT2D eigenvalue weighted by atomic mass is 10.0. The van der Waals surface area contributed by atoms with Gasteiger partial charge in [-0.1, -0.05) is 18.2 Å². The van der Waals surface area contributed by atoms with E-state index in [1.165, 1.54) is 6.92 Å². The predicted octanol–water partition coefficient (Wildman–Crippen LogP) is 3.45. The molecule has 0 spiro atoms. The average molecular weight is 232 g/mol. The number of Topliss-reactive ketones (excluding diaryl/α,β-unsaturated/α-hetero) is 2. The van der Waals surface area contributed by atoms with E-state index in [1.54, 1.807) is 11.3 Å². The van der Waals surface area contributed by atoms with Gasteiger partial charge in [0, 0.05) is 33.9 Å². The molecule has 0 aliphatic rings. The fourth-order valence-corrected chi connectivity index (χ4v) is 2.58. The van der Waals surface area contributed by atoms with Crippen molar-refractivity contribution in [1.82, 2.24) is 0 Å². The van der Waals surface area contributed by atoms with Gasteiger partial charge in [0.1, 0.15) is 5.78 Å². The van der Waals surface area contributed by atoms with Gasteiger partial charge < -0.3 is 4.79 Å². The number of carbonyl (C=O) groups excluding carboxylic acids is 2. The average Bonchev–Trinajstić information content (AvgIpc) is 2.69. The van der Waals surface area contributed by atoms with E-state index < -0.39 is 0 Å². The summed E-state index contributed by atoms with van der Waals surface area (Å²) in [5, 5.41) is 2.88. The van der Waals surface area contributed by atoms with Gasteiger partial charge in [-0.15, -0.1) is 11.3 Å². The molecule has 0 unspecified atom stereocenters. The molecule has 0 atom stereocenters. The molecule has 1 aromatic carbocycles. The zero-order valence-corrected chi connectivity index (χ0v) is 9.84. The largest absolute Gasteiger partial charge is 0.300 e. The van der Waals surface area contributed by atoms with Crippen LogP contribution in [0.25, 0.3) is 10.1 Å². The minimum atomic E-state index is 0.0626. The summed E-state index contributed by atoms with van der Waals surface area (Å²) in [6.45, 7) is 1.51. The van der Waals surface area contributed by atoms with Crippen LogP contribution in [0.1, 0.15) is 30.1 Å². The molecule has 0 bridgehead atoms. The molecule has 0 N–H and O–H groups in total. The van der Waals surface area contributed by atoms with Crippen LogP contribution >= 0.6 is 11.3 Å². The van der Waals surface area contributed by atoms with Crippen LogP contribution in [0.2, 0.25) is 0 Å². The van der Waals surface area contributed by atoms with Gasteiger partial charge >= 0.3 is 0 Å². The zero-order valence-electron chi connectivity index (χ0n) is 9.03. The lowest BCUT2D eigenvalue weighted by Gasteiger charge is -1.97. The highest BCUT2D eigenvalue weighted by atomic mass is 32.1. The maximum Gasteiger partial charge on any atom is 0.164 e. The van der Waals surface area contributed by atoms with Crippen molar-refractivity contribution in [3.8, 4) is 0 Å². The normalized spacial score (nSPS) is 10.6. The van der Waals surface area contributed by atoms with Crippen LogP contribution in [0.3, 0.4) is 0 Å². The van der Waals surface area contributed by atoms with E-state index in [2.05, 4.69) is 0 Å². The quantitative estimate of drug-likeness (QED) is 0.756. The maximum atomic E-state index is 11.9. The second-order valence-corrected chi connectivity index (χ2v) is 4.68. The molecule has 82 valence electrons. The second kappa shape index (κ2) is 4.58. The SMILES string of the molecule is CC(=O)CCC(=O)c1csc2ccccc12. The van der Waals surface area contributed by atoms with E-state index >= 15 is 0 Å². The van der Waals surface area contributed by atoms with Gasteiger partial charge in [-0.2, -0.15) is 0 Å². The first kappa shape index (κ1) is 11.0. The first-order valence-corrected chi connectivity index (χ1v) is 6.05. The van der Waals surface area contributed by atoms with Crippen LogP contribution in [0, 0.1) is 0 Å². The Bertz CT molecular complexity index is 540. The molecule has 1 aromatic heterocycles. The molecule has 0 saturated heterocycles. The van der Waals surface area contributed by atoms with Gasteiger partial charge in [0.05, 0.1) is 0 Å². The molecule has 0 saturated carbocycles. The fourth-order valence-electron chi connectivity index (χ4n) is 1.62. The first-order valence-electron chi connectivity index (χ1n) is 5.17. The van der Waals surface area contributed by atoms with E-state index in [1.807, 2.05) is 29.6 Å². The Balaban J connectivity index is 2.26. The smallest absolute Gasteiger partial charge is 0.164 e. The van der Waals surface area contributed by atoms with Crippen molar-refractivity contribution < 1.29 is 9.59 Å². The maximum absolute atomic E-state index is 11.9. The minimum Gasteiger partial charge on any atom is -0.300 e. The lowest BCUT2D eigenvalue weighted by molar-refractivity contribution is -0.116. The predicted molar refractivity (Wildman–Crippen MR) is 66.1 cm³/mol. The number of hydrogen-bond donors (Lipinski definition) is 0. The lowest BCUT2D eigenvalue weighted by Crippen LogP contribution is -2.01.